The number of aliphatic carboxylic acids is 1. The quantitative estimate of drug-likeness (QED) is 0.786. The Bertz CT molecular complexity index is 571. The molecule has 0 unspecified atom stereocenters. The van der Waals surface area contributed by atoms with E-state index in [0.29, 0.717) is 23.3 Å². The highest BCUT2D eigenvalue weighted by Gasteiger charge is 2.10. The van der Waals surface area contributed by atoms with Gasteiger partial charge in [0.2, 0.25) is 0 Å². The predicted molar refractivity (Wildman–Crippen MR) is 74.8 cm³/mol. The molecule has 0 saturated heterocycles. The summed E-state index contributed by atoms with van der Waals surface area (Å²) in [6, 6.07) is 9.47. The van der Waals surface area contributed by atoms with Gasteiger partial charge in [-0.2, -0.15) is 0 Å². The monoisotopic (exact) mass is 293 g/mol. The van der Waals surface area contributed by atoms with Gasteiger partial charge in [-0.15, -0.1) is 10.2 Å². The van der Waals surface area contributed by atoms with Crippen molar-refractivity contribution >= 4 is 17.7 Å². The van der Waals surface area contributed by atoms with Crippen LogP contribution in [0, 0.1) is 0 Å². The van der Waals surface area contributed by atoms with Gasteiger partial charge >= 0.3 is 5.97 Å². The number of ether oxygens (including phenoxy) is 1. The zero-order valence-corrected chi connectivity index (χ0v) is 11.8. The number of nitrogens with zero attached hydrogens (tertiary/aromatic N) is 3. The van der Waals surface area contributed by atoms with Crippen molar-refractivity contribution in [1.82, 2.24) is 14.8 Å². The summed E-state index contributed by atoms with van der Waals surface area (Å²) in [5, 5.41) is 17.4. The van der Waals surface area contributed by atoms with E-state index in [0.717, 1.165) is 5.75 Å². The molecule has 0 amide bonds. The van der Waals surface area contributed by atoms with Crippen LogP contribution in [0.3, 0.4) is 0 Å². The molecule has 20 heavy (non-hydrogen) atoms. The van der Waals surface area contributed by atoms with E-state index in [1.54, 1.807) is 0 Å². The van der Waals surface area contributed by atoms with Crippen molar-refractivity contribution in [2.75, 3.05) is 5.75 Å². The summed E-state index contributed by atoms with van der Waals surface area (Å²) in [6.07, 6.45) is 0.105. The summed E-state index contributed by atoms with van der Waals surface area (Å²) in [5.74, 6) is 1.13. The number of benzene rings is 1. The molecule has 0 aliphatic rings. The number of aromatic nitrogens is 3. The molecule has 0 radical (unpaired) electrons. The molecule has 6 nitrogen and oxygen atoms in total. The number of carboxylic acid groups (broad SMARTS) is 1. The van der Waals surface area contributed by atoms with Gasteiger partial charge in [-0.25, -0.2) is 0 Å². The fourth-order valence-electron chi connectivity index (χ4n) is 1.49. The molecule has 7 heteroatoms. The molecule has 2 rings (SSSR count). The maximum absolute atomic E-state index is 10.5. The standard InChI is InChI=1S/C13H15N3O3S/c1-16-11(9-19-10-5-3-2-4-6-10)14-15-13(16)20-8-7-12(17)18/h2-6H,7-9H2,1H3,(H,17,18). The topological polar surface area (TPSA) is 77.2 Å². The van der Waals surface area contributed by atoms with Crippen LogP contribution in [0.15, 0.2) is 35.5 Å². The van der Waals surface area contributed by atoms with Crippen molar-refractivity contribution in [2.24, 2.45) is 7.05 Å². The minimum atomic E-state index is -0.813. The predicted octanol–water partition coefficient (Wildman–Crippen LogP) is 1.96. The van der Waals surface area contributed by atoms with Crippen LogP contribution in [0.5, 0.6) is 5.75 Å². The van der Waals surface area contributed by atoms with Gasteiger partial charge in [0.25, 0.3) is 0 Å². The van der Waals surface area contributed by atoms with E-state index in [2.05, 4.69) is 10.2 Å². The Balaban J connectivity index is 1.90. The molecule has 106 valence electrons. The van der Waals surface area contributed by atoms with Gasteiger partial charge in [0.1, 0.15) is 12.4 Å². The van der Waals surface area contributed by atoms with Crippen LogP contribution in [0.25, 0.3) is 0 Å². The number of hydrogen-bond donors (Lipinski definition) is 1. The Kier molecular flexibility index (Phi) is 5.00. The van der Waals surface area contributed by atoms with Crippen LogP contribution < -0.4 is 4.74 Å². The van der Waals surface area contributed by atoms with E-state index in [1.807, 2.05) is 41.9 Å². The highest BCUT2D eigenvalue weighted by Crippen LogP contribution is 2.17. The molecule has 1 heterocycles. The fourth-order valence-corrected chi connectivity index (χ4v) is 2.35. The molecule has 0 bridgehead atoms. The van der Waals surface area contributed by atoms with E-state index in [1.165, 1.54) is 11.8 Å². The lowest BCUT2D eigenvalue weighted by Crippen LogP contribution is -2.04. The largest absolute Gasteiger partial charge is 0.486 e. The van der Waals surface area contributed by atoms with Crippen molar-refractivity contribution < 1.29 is 14.6 Å². The second-order valence-electron chi connectivity index (χ2n) is 4.05. The van der Waals surface area contributed by atoms with E-state index in [-0.39, 0.29) is 6.42 Å². The van der Waals surface area contributed by atoms with E-state index in [4.69, 9.17) is 9.84 Å². The second-order valence-corrected chi connectivity index (χ2v) is 5.11. The van der Waals surface area contributed by atoms with Gasteiger partial charge in [0.15, 0.2) is 11.0 Å². The lowest BCUT2D eigenvalue weighted by molar-refractivity contribution is -0.136. The molecule has 1 aromatic heterocycles. The minimum absolute atomic E-state index is 0.105. The minimum Gasteiger partial charge on any atom is -0.486 e. The molecule has 0 fully saturated rings. The molecular formula is C13H15N3O3S. The SMILES string of the molecule is Cn1c(COc2ccccc2)nnc1SCCC(=O)O. The van der Waals surface area contributed by atoms with Gasteiger partial charge < -0.3 is 14.4 Å². The van der Waals surface area contributed by atoms with E-state index in [9.17, 15) is 4.79 Å². The lowest BCUT2D eigenvalue weighted by Gasteiger charge is -2.06. The summed E-state index contributed by atoms with van der Waals surface area (Å²) >= 11 is 1.37. The third kappa shape index (κ3) is 3.99. The van der Waals surface area contributed by atoms with Crippen LogP contribution in [0.1, 0.15) is 12.2 Å². The maximum Gasteiger partial charge on any atom is 0.304 e. The zero-order chi connectivity index (χ0) is 14.4. The molecule has 0 aliphatic heterocycles. The van der Waals surface area contributed by atoms with Crippen molar-refractivity contribution in [3.63, 3.8) is 0 Å². The third-order valence-electron chi connectivity index (χ3n) is 2.58. The maximum atomic E-state index is 10.5. The van der Waals surface area contributed by atoms with Crippen molar-refractivity contribution in [3.05, 3.63) is 36.2 Å². The first-order valence-electron chi connectivity index (χ1n) is 6.07. The van der Waals surface area contributed by atoms with Crippen LogP contribution >= 0.6 is 11.8 Å². The Labute approximate surface area is 120 Å². The average Bonchev–Trinajstić information content (AvgIpc) is 2.79. The molecular weight excluding hydrogens is 278 g/mol. The normalized spacial score (nSPS) is 10.4. The molecule has 0 spiro atoms. The van der Waals surface area contributed by atoms with Crippen LogP contribution in [-0.2, 0) is 18.4 Å². The van der Waals surface area contributed by atoms with E-state index < -0.39 is 5.97 Å². The van der Waals surface area contributed by atoms with Gasteiger partial charge in [-0.1, -0.05) is 30.0 Å². The van der Waals surface area contributed by atoms with Crippen molar-refractivity contribution in [3.8, 4) is 5.75 Å². The van der Waals surface area contributed by atoms with Gasteiger partial charge in [-0.05, 0) is 12.1 Å². The fraction of sp³-hybridized carbons (Fsp3) is 0.308. The first kappa shape index (κ1) is 14.4. The first-order valence-corrected chi connectivity index (χ1v) is 7.06. The average molecular weight is 293 g/mol. The highest BCUT2D eigenvalue weighted by atomic mass is 32.2. The third-order valence-corrected chi connectivity index (χ3v) is 3.61. The Morgan fingerprint density at radius 2 is 2.10 bits per heavy atom. The molecule has 0 atom stereocenters. The van der Waals surface area contributed by atoms with Crippen molar-refractivity contribution in [1.29, 1.82) is 0 Å². The lowest BCUT2D eigenvalue weighted by atomic mass is 10.3. The number of para-hydroxylation sites is 1. The van der Waals surface area contributed by atoms with Crippen LogP contribution in [0.2, 0.25) is 0 Å². The number of rotatable bonds is 7. The Morgan fingerprint density at radius 1 is 1.35 bits per heavy atom. The molecule has 0 aliphatic carbocycles. The summed E-state index contributed by atoms with van der Waals surface area (Å²) in [4.78, 5) is 10.5. The number of thioether (sulfide) groups is 1. The smallest absolute Gasteiger partial charge is 0.304 e. The van der Waals surface area contributed by atoms with Gasteiger partial charge in [0, 0.05) is 12.8 Å². The van der Waals surface area contributed by atoms with Crippen LogP contribution in [-0.4, -0.2) is 31.6 Å². The summed E-state index contributed by atoms with van der Waals surface area (Å²) in [5.41, 5.74) is 0. The molecule has 0 saturated carbocycles. The number of carbonyl (C=O) groups is 1. The van der Waals surface area contributed by atoms with Crippen molar-refractivity contribution in [2.45, 2.75) is 18.2 Å². The molecule has 1 aromatic carbocycles. The van der Waals surface area contributed by atoms with Crippen LogP contribution in [0.4, 0.5) is 0 Å². The van der Waals surface area contributed by atoms with Gasteiger partial charge in [0.05, 0.1) is 6.42 Å². The molecule has 2 aromatic rings. The summed E-state index contributed by atoms with van der Waals surface area (Å²) < 4.78 is 7.42. The van der Waals surface area contributed by atoms with E-state index >= 15 is 0 Å². The summed E-state index contributed by atoms with van der Waals surface area (Å²) in [7, 11) is 1.84. The zero-order valence-electron chi connectivity index (χ0n) is 11.0. The molecule has 1 N–H and O–H groups in total. The highest BCUT2D eigenvalue weighted by molar-refractivity contribution is 7.99. The second kappa shape index (κ2) is 6.95. The Morgan fingerprint density at radius 3 is 2.80 bits per heavy atom. The number of carboxylic acids is 1. The van der Waals surface area contributed by atoms with Gasteiger partial charge in [-0.3, -0.25) is 4.79 Å². The summed E-state index contributed by atoms with van der Waals surface area (Å²) in [6.45, 7) is 0.326. The first-order chi connectivity index (χ1) is 9.66. The number of hydrogen-bond acceptors (Lipinski definition) is 5. The Hall–Kier alpha value is -2.02.